The van der Waals surface area contributed by atoms with Crippen LogP contribution < -0.4 is 0 Å². The van der Waals surface area contributed by atoms with Gasteiger partial charge in [0.25, 0.3) is 0 Å². The molecule has 0 bridgehead atoms. The molecule has 0 saturated carbocycles. The molecule has 0 unspecified atom stereocenters. The maximum absolute atomic E-state index is 2.46. The predicted octanol–water partition coefficient (Wildman–Crippen LogP) is 16.0. The summed E-state index contributed by atoms with van der Waals surface area (Å²) in [6.45, 7) is 10.3. The molecule has 0 radical (unpaired) electrons. The summed E-state index contributed by atoms with van der Waals surface area (Å²) < 4.78 is 0. The summed E-state index contributed by atoms with van der Waals surface area (Å²) in [6.07, 6.45) is 2.18. The van der Waals surface area contributed by atoms with E-state index >= 15 is 0 Å². The van der Waals surface area contributed by atoms with E-state index in [0.717, 1.165) is 12.8 Å². The normalized spacial score (nSPS) is 10.9. The highest BCUT2D eigenvalue weighted by Gasteiger charge is 2.18. The van der Waals surface area contributed by atoms with Crippen LogP contribution in [0.4, 0.5) is 0 Å². The summed E-state index contributed by atoms with van der Waals surface area (Å²) in [6, 6.07) is 65.2. The van der Waals surface area contributed by atoms with Gasteiger partial charge in [-0.2, -0.15) is 0 Å². The molecule has 0 saturated heterocycles. The maximum Gasteiger partial charge on any atom is -0.00261 e. The predicted molar refractivity (Wildman–Crippen MR) is 235 cm³/mol. The van der Waals surface area contributed by atoms with Crippen molar-refractivity contribution in [2.75, 3.05) is 0 Å². The average Bonchev–Trinajstić information content (AvgIpc) is 3.24. The minimum absolute atomic E-state index is 1.06. The molecule has 53 heavy (non-hydrogen) atoms. The fourth-order valence-corrected chi connectivity index (χ4v) is 7.93. The molecule has 0 nitrogen and oxygen atoms in total. The third-order valence-corrected chi connectivity index (χ3v) is 10.1. The fourth-order valence-electron chi connectivity index (χ4n) is 7.93. The van der Waals surface area contributed by atoms with E-state index < -0.39 is 0 Å². The first-order valence-electron chi connectivity index (χ1n) is 19.4. The first-order valence-corrected chi connectivity index (χ1v) is 19.4. The van der Waals surface area contributed by atoms with Crippen LogP contribution in [-0.2, 0) is 6.42 Å². The Balaban J connectivity index is 0.00000105. The van der Waals surface area contributed by atoms with Crippen LogP contribution in [0.3, 0.4) is 0 Å². The van der Waals surface area contributed by atoms with E-state index in [2.05, 4.69) is 183 Å². The van der Waals surface area contributed by atoms with Crippen molar-refractivity contribution in [1.29, 1.82) is 0 Å². The molecular formula is C53H48. The second-order valence-electron chi connectivity index (χ2n) is 13.1. The molecule has 9 aromatic carbocycles. The second kappa shape index (κ2) is 16.1. The van der Waals surface area contributed by atoms with Gasteiger partial charge in [0, 0.05) is 0 Å². The largest absolute Gasteiger partial charge is 0.0683 e. The monoisotopic (exact) mass is 684 g/mol. The first kappa shape index (κ1) is 35.4. The molecule has 0 aliphatic rings. The zero-order valence-corrected chi connectivity index (χ0v) is 31.7. The van der Waals surface area contributed by atoms with Gasteiger partial charge in [0.1, 0.15) is 0 Å². The minimum Gasteiger partial charge on any atom is -0.0683 e. The van der Waals surface area contributed by atoms with Gasteiger partial charge in [0.05, 0.1) is 0 Å². The van der Waals surface area contributed by atoms with E-state index in [0.29, 0.717) is 0 Å². The lowest BCUT2D eigenvalue weighted by Gasteiger charge is -2.20. The topological polar surface area (TPSA) is 0 Å². The van der Waals surface area contributed by atoms with Crippen molar-refractivity contribution in [3.63, 3.8) is 0 Å². The van der Waals surface area contributed by atoms with E-state index in [-0.39, 0.29) is 0 Å². The summed E-state index contributed by atoms with van der Waals surface area (Å²) in [4.78, 5) is 0. The molecule has 9 aromatic rings. The number of hydrogen-bond acceptors (Lipinski definition) is 0. The van der Waals surface area contributed by atoms with Gasteiger partial charge in [-0.1, -0.05) is 205 Å². The summed E-state index contributed by atoms with van der Waals surface area (Å²) >= 11 is 0. The number of rotatable bonds is 6. The fraction of sp³-hybridized carbons (Fsp3) is 0.132. The Morgan fingerprint density at radius 2 is 0.717 bits per heavy atom. The maximum atomic E-state index is 2.46. The lowest BCUT2D eigenvalue weighted by molar-refractivity contribution is 0.924. The number of benzene rings is 9. The van der Waals surface area contributed by atoms with Gasteiger partial charge in [-0.05, 0) is 112 Å². The first-order chi connectivity index (χ1) is 26.3. The molecule has 0 aliphatic heterocycles. The van der Waals surface area contributed by atoms with Gasteiger partial charge in [-0.25, -0.2) is 0 Å². The van der Waals surface area contributed by atoms with Crippen LogP contribution in [0.25, 0.3) is 87.6 Å². The second-order valence-corrected chi connectivity index (χ2v) is 13.1. The Morgan fingerprint density at radius 3 is 1.23 bits per heavy atom. The number of fused-ring (bicyclic) bond motifs is 4. The minimum atomic E-state index is 1.06. The highest BCUT2D eigenvalue weighted by Crippen LogP contribution is 2.45. The van der Waals surface area contributed by atoms with Crippen LogP contribution in [0.15, 0.2) is 176 Å². The SMILES string of the molecule is CC.CC.CCCc1ccc2c(-c3cccc(-c4cccc5ccccc45)c3)c3ccccc3c(-c3cccc(-c4cccc5ccccc45)c3)c2c1. The standard InChI is InChI=1S/C49H36.2C2H6/c1-2-13-33-28-29-46-47(30-33)49(39-21-10-19-37(32-39)43-27-12-17-35-15-4-6-23-41(35)43)45-25-8-7-24-44(45)48(46)38-20-9-18-36(31-38)42-26-11-16-34-14-3-5-22-40(34)42;2*1-2/h3-12,14-32H,2,13H2,1H3;2*1-2H3. The van der Waals surface area contributed by atoms with Crippen molar-refractivity contribution in [3.05, 3.63) is 181 Å². The van der Waals surface area contributed by atoms with Gasteiger partial charge >= 0.3 is 0 Å². The van der Waals surface area contributed by atoms with Crippen LogP contribution >= 0.6 is 0 Å². The molecule has 0 atom stereocenters. The van der Waals surface area contributed by atoms with Gasteiger partial charge in [0.2, 0.25) is 0 Å². The van der Waals surface area contributed by atoms with Crippen molar-refractivity contribution in [1.82, 2.24) is 0 Å². The summed E-state index contributed by atoms with van der Waals surface area (Å²) in [5.74, 6) is 0. The van der Waals surface area contributed by atoms with Gasteiger partial charge < -0.3 is 0 Å². The summed E-state index contributed by atoms with van der Waals surface area (Å²) in [5.41, 5.74) is 11.5. The van der Waals surface area contributed by atoms with Crippen molar-refractivity contribution in [3.8, 4) is 44.5 Å². The Kier molecular flexibility index (Phi) is 10.8. The van der Waals surface area contributed by atoms with E-state index in [1.165, 1.54) is 93.2 Å². The molecule has 0 aliphatic carbocycles. The van der Waals surface area contributed by atoms with E-state index in [9.17, 15) is 0 Å². The Hall–Kier alpha value is -5.98. The zero-order chi connectivity index (χ0) is 36.7. The Labute approximate surface area is 315 Å². The zero-order valence-electron chi connectivity index (χ0n) is 31.7. The highest BCUT2D eigenvalue weighted by atomic mass is 14.2. The molecule has 0 amide bonds. The van der Waals surface area contributed by atoms with Gasteiger partial charge in [0.15, 0.2) is 0 Å². The van der Waals surface area contributed by atoms with E-state index in [4.69, 9.17) is 0 Å². The number of aryl methyl sites for hydroxylation is 1. The number of hydrogen-bond donors (Lipinski definition) is 0. The van der Waals surface area contributed by atoms with Crippen LogP contribution in [-0.4, -0.2) is 0 Å². The van der Waals surface area contributed by atoms with Gasteiger partial charge in [-0.15, -0.1) is 0 Å². The van der Waals surface area contributed by atoms with Crippen molar-refractivity contribution in [2.45, 2.75) is 47.5 Å². The molecule has 260 valence electrons. The molecule has 0 aromatic heterocycles. The Bertz CT molecular complexity index is 2660. The van der Waals surface area contributed by atoms with Crippen molar-refractivity contribution < 1.29 is 0 Å². The van der Waals surface area contributed by atoms with E-state index in [1.807, 2.05) is 27.7 Å². The summed E-state index contributed by atoms with van der Waals surface area (Å²) in [7, 11) is 0. The molecular weight excluding hydrogens is 637 g/mol. The van der Waals surface area contributed by atoms with Crippen molar-refractivity contribution in [2.24, 2.45) is 0 Å². The van der Waals surface area contributed by atoms with Crippen LogP contribution in [0.1, 0.15) is 46.6 Å². The smallest absolute Gasteiger partial charge is 0.00261 e. The van der Waals surface area contributed by atoms with Crippen LogP contribution in [0, 0.1) is 0 Å². The lowest BCUT2D eigenvalue weighted by Crippen LogP contribution is -1.93. The average molecular weight is 685 g/mol. The molecule has 0 spiro atoms. The molecule has 0 heteroatoms. The van der Waals surface area contributed by atoms with Crippen LogP contribution in [0.5, 0.6) is 0 Å². The van der Waals surface area contributed by atoms with Gasteiger partial charge in [-0.3, -0.25) is 0 Å². The van der Waals surface area contributed by atoms with E-state index in [1.54, 1.807) is 0 Å². The molecule has 9 rings (SSSR count). The third kappa shape index (κ3) is 6.74. The molecule has 0 fully saturated rings. The highest BCUT2D eigenvalue weighted by molar-refractivity contribution is 6.22. The quantitative estimate of drug-likeness (QED) is 0.153. The molecule has 0 heterocycles. The molecule has 0 N–H and O–H groups in total. The third-order valence-electron chi connectivity index (χ3n) is 10.1. The summed E-state index contributed by atoms with van der Waals surface area (Å²) in [5, 5.41) is 10.2. The van der Waals surface area contributed by atoms with Crippen LogP contribution in [0.2, 0.25) is 0 Å². The Morgan fingerprint density at radius 1 is 0.321 bits per heavy atom. The van der Waals surface area contributed by atoms with Crippen molar-refractivity contribution >= 4 is 43.1 Å². The lowest BCUT2D eigenvalue weighted by atomic mass is 9.84.